The van der Waals surface area contributed by atoms with Gasteiger partial charge in [0.05, 0.1) is 11.8 Å². The van der Waals surface area contributed by atoms with Gasteiger partial charge in [-0.15, -0.1) is 0 Å². The Labute approximate surface area is 246 Å². The van der Waals surface area contributed by atoms with E-state index >= 15 is 0 Å². The molecule has 3 N–H and O–H groups in total. The van der Waals surface area contributed by atoms with E-state index < -0.39 is 0 Å². The van der Waals surface area contributed by atoms with Crippen molar-refractivity contribution in [2.45, 2.75) is 19.4 Å². The maximum Gasteiger partial charge on any atom is 0.240 e. The topological polar surface area (TPSA) is 107 Å². The Morgan fingerprint density at radius 2 is 1.12 bits per heavy atom. The van der Waals surface area contributed by atoms with Gasteiger partial charge in [-0.3, -0.25) is 4.79 Å². The largest absolute Gasteiger partial charge is 0.324 e. The van der Waals surface area contributed by atoms with Crippen molar-refractivity contribution in [1.29, 1.82) is 0 Å². The van der Waals surface area contributed by atoms with Crippen LogP contribution in [0.25, 0.3) is 0 Å². The van der Waals surface area contributed by atoms with Crippen molar-refractivity contribution in [2.75, 3.05) is 16.0 Å². The molecule has 0 radical (unpaired) electrons. The van der Waals surface area contributed by atoms with Gasteiger partial charge in [-0.2, -0.15) is 20.1 Å². The van der Waals surface area contributed by atoms with Crippen LogP contribution in [0.15, 0.2) is 108 Å². The van der Waals surface area contributed by atoms with Crippen molar-refractivity contribution in [2.24, 2.45) is 5.10 Å². The van der Waals surface area contributed by atoms with Gasteiger partial charge < -0.3 is 16.0 Å². The van der Waals surface area contributed by atoms with Crippen LogP contribution in [0.2, 0.25) is 0 Å². The lowest BCUT2D eigenvalue weighted by Crippen LogP contribution is -2.24. The van der Waals surface area contributed by atoms with Gasteiger partial charge >= 0.3 is 0 Å². The Hall–Kier alpha value is -5.71. The predicted octanol–water partition coefficient (Wildman–Crippen LogP) is 7.08. The lowest BCUT2D eigenvalue weighted by Gasteiger charge is -2.20. The zero-order chi connectivity index (χ0) is 29.8. The molecule has 11 heteroatoms. The van der Waals surface area contributed by atoms with E-state index in [0.29, 0.717) is 23.5 Å². The summed E-state index contributed by atoms with van der Waals surface area (Å²) in [7, 11) is 0. The Kier molecular flexibility index (Phi) is 7.68. The standard InChI is InChI=1S/C32H26F2N8O/c1-20(43)42-29(22-5-3-2-4-6-22)19-28(41-42)21-7-13-25(14-8-21)35-30-38-31(36-26-15-9-23(33)10-16-26)40-32(39-30)37-27-17-11-24(34)12-18-27/h2-18,29H,19H2,1H3,(H3,35,36,37,38,39,40). The van der Waals surface area contributed by atoms with Crippen LogP contribution in [0.4, 0.5) is 43.7 Å². The molecule has 0 bridgehead atoms. The highest BCUT2D eigenvalue weighted by Crippen LogP contribution is 2.33. The van der Waals surface area contributed by atoms with Crippen LogP contribution in [-0.4, -0.2) is 31.6 Å². The first kappa shape index (κ1) is 27.5. The summed E-state index contributed by atoms with van der Waals surface area (Å²) in [5.74, 6) is -0.185. The van der Waals surface area contributed by atoms with Crippen molar-refractivity contribution in [1.82, 2.24) is 20.0 Å². The van der Waals surface area contributed by atoms with Gasteiger partial charge in [0, 0.05) is 30.4 Å². The second kappa shape index (κ2) is 12.0. The summed E-state index contributed by atoms with van der Waals surface area (Å²) in [6, 6.07) is 28.9. The molecule has 1 aliphatic rings. The summed E-state index contributed by atoms with van der Waals surface area (Å²) in [4.78, 5) is 25.7. The number of hydrazone groups is 1. The second-order valence-corrected chi connectivity index (χ2v) is 9.81. The van der Waals surface area contributed by atoms with Gasteiger partial charge in [-0.1, -0.05) is 42.5 Å². The van der Waals surface area contributed by atoms with Crippen molar-refractivity contribution in [3.63, 3.8) is 0 Å². The van der Waals surface area contributed by atoms with Crippen LogP contribution in [0.1, 0.15) is 30.5 Å². The SMILES string of the molecule is CC(=O)N1N=C(c2ccc(Nc3nc(Nc4ccc(F)cc4)nc(Nc4ccc(F)cc4)n3)cc2)CC1c1ccccc1. The normalized spacial score (nSPS) is 14.3. The fraction of sp³-hybridized carbons (Fsp3) is 0.0938. The number of carbonyl (C=O) groups is 1. The van der Waals surface area contributed by atoms with Crippen molar-refractivity contribution < 1.29 is 13.6 Å². The van der Waals surface area contributed by atoms with Crippen molar-refractivity contribution in [3.8, 4) is 0 Å². The van der Waals surface area contributed by atoms with Gasteiger partial charge in [0.1, 0.15) is 11.6 Å². The molecule has 1 aromatic heterocycles. The third kappa shape index (κ3) is 6.62. The number of benzene rings is 4. The van der Waals surface area contributed by atoms with Crippen molar-refractivity contribution in [3.05, 3.63) is 126 Å². The van der Waals surface area contributed by atoms with Crippen molar-refractivity contribution >= 4 is 46.5 Å². The number of hydrogen-bond donors (Lipinski definition) is 3. The molecule has 214 valence electrons. The highest BCUT2D eigenvalue weighted by Gasteiger charge is 2.31. The van der Waals surface area contributed by atoms with Gasteiger partial charge in [-0.05, 0) is 71.8 Å². The summed E-state index contributed by atoms with van der Waals surface area (Å²) in [6.45, 7) is 1.52. The Morgan fingerprint density at radius 1 is 0.674 bits per heavy atom. The minimum atomic E-state index is -0.362. The average molecular weight is 577 g/mol. The smallest absolute Gasteiger partial charge is 0.240 e. The molecule has 0 fully saturated rings. The molecule has 43 heavy (non-hydrogen) atoms. The zero-order valence-electron chi connectivity index (χ0n) is 23.0. The van der Waals surface area contributed by atoms with E-state index in [1.54, 1.807) is 24.3 Å². The van der Waals surface area contributed by atoms with Crippen LogP contribution < -0.4 is 16.0 Å². The average Bonchev–Trinajstić information content (AvgIpc) is 3.47. The highest BCUT2D eigenvalue weighted by molar-refractivity contribution is 6.03. The summed E-state index contributed by atoms with van der Waals surface area (Å²) >= 11 is 0. The number of anilines is 6. The number of nitrogens with one attached hydrogen (secondary N) is 3. The first-order valence-electron chi connectivity index (χ1n) is 13.5. The summed E-state index contributed by atoms with van der Waals surface area (Å²) in [5.41, 5.74) is 4.61. The van der Waals surface area contributed by atoms with E-state index in [9.17, 15) is 13.6 Å². The number of rotatable bonds is 8. The van der Waals surface area contributed by atoms with Gasteiger partial charge in [0.2, 0.25) is 23.8 Å². The maximum atomic E-state index is 13.4. The number of carbonyl (C=O) groups excluding carboxylic acids is 1. The molecule has 0 saturated heterocycles. The lowest BCUT2D eigenvalue weighted by atomic mass is 9.98. The predicted molar refractivity (Wildman–Crippen MR) is 162 cm³/mol. The molecule has 1 unspecified atom stereocenters. The van der Waals surface area contributed by atoms with E-state index in [1.807, 2.05) is 54.6 Å². The molecular formula is C32H26F2N8O. The molecule has 1 atom stereocenters. The molecule has 6 rings (SSSR count). The molecule has 4 aromatic carbocycles. The maximum absolute atomic E-state index is 13.4. The van der Waals surface area contributed by atoms with Crippen LogP contribution in [0.5, 0.6) is 0 Å². The third-order valence-electron chi connectivity index (χ3n) is 6.73. The number of hydrogen-bond acceptors (Lipinski definition) is 8. The first-order valence-corrected chi connectivity index (χ1v) is 13.5. The van der Waals surface area contributed by atoms with Crippen LogP contribution in [0, 0.1) is 11.6 Å². The Bertz CT molecular complexity index is 1700. The van der Waals surface area contributed by atoms with E-state index in [1.165, 1.54) is 36.2 Å². The quantitative estimate of drug-likeness (QED) is 0.181. The molecule has 0 aliphatic carbocycles. The molecule has 2 heterocycles. The molecule has 1 amide bonds. The summed E-state index contributed by atoms with van der Waals surface area (Å²) in [6.07, 6.45) is 0.598. The lowest BCUT2D eigenvalue weighted by molar-refractivity contribution is -0.130. The Morgan fingerprint density at radius 3 is 1.56 bits per heavy atom. The molecule has 9 nitrogen and oxygen atoms in total. The monoisotopic (exact) mass is 576 g/mol. The fourth-order valence-corrected chi connectivity index (χ4v) is 4.65. The van der Waals surface area contributed by atoms with Gasteiger partial charge in [-0.25, -0.2) is 13.8 Å². The molecule has 1 aliphatic heterocycles. The molecule has 0 saturated carbocycles. The third-order valence-corrected chi connectivity index (χ3v) is 6.73. The fourth-order valence-electron chi connectivity index (χ4n) is 4.65. The van der Waals surface area contributed by atoms with E-state index in [2.05, 4.69) is 36.0 Å². The minimum Gasteiger partial charge on any atom is -0.324 e. The van der Waals surface area contributed by atoms with E-state index in [4.69, 9.17) is 0 Å². The number of halogens is 2. The summed E-state index contributed by atoms with van der Waals surface area (Å²) in [5, 5.41) is 15.5. The summed E-state index contributed by atoms with van der Waals surface area (Å²) < 4.78 is 26.8. The molecule has 5 aromatic rings. The Balaban J connectivity index is 1.23. The number of amides is 1. The number of nitrogens with zero attached hydrogens (tertiary/aromatic N) is 5. The second-order valence-electron chi connectivity index (χ2n) is 9.81. The van der Waals surface area contributed by atoms with Gasteiger partial charge in [0.25, 0.3) is 0 Å². The number of aromatic nitrogens is 3. The van der Waals surface area contributed by atoms with E-state index in [-0.39, 0.29) is 41.4 Å². The highest BCUT2D eigenvalue weighted by atomic mass is 19.1. The van der Waals surface area contributed by atoms with Gasteiger partial charge in [0.15, 0.2) is 0 Å². The van der Waals surface area contributed by atoms with Crippen LogP contribution in [0.3, 0.4) is 0 Å². The first-order chi connectivity index (χ1) is 20.9. The van der Waals surface area contributed by atoms with E-state index in [0.717, 1.165) is 16.8 Å². The molecular weight excluding hydrogens is 550 g/mol. The van der Waals surface area contributed by atoms with Crippen LogP contribution in [-0.2, 0) is 4.79 Å². The minimum absolute atomic E-state index is 0.118. The zero-order valence-corrected chi connectivity index (χ0v) is 23.0. The molecule has 0 spiro atoms. The van der Waals surface area contributed by atoms with Crippen LogP contribution >= 0.6 is 0 Å².